The van der Waals surface area contributed by atoms with Crippen LogP contribution in [0.4, 0.5) is 5.82 Å². The Morgan fingerprint density at radius 2 is 1.96 bits per heavy atom. The summed E-state index contributed by atoms with van der Waals surface area (Å²) < 4.78 is 7.69. The van der Waals surface area contributed by atoms with Crippen molar-refractivity contribution < 1.29 is 4.42 Å². The first-order valence-corrected chi connectivity index (χ1v) is 8.50. The zero-order chi connectivity index (χ0) is 17.2. The summed E-state index contributed by atoms with van der Waals surface area (Å²) >= 11 is 5.34. The summed E-state index contributed by atoms with van der Waals surface area (Å²) in [5.41, 5.74) is 1.77. The van der Waals surface area contributed by atoms with E-state index in [9.17, 15) is 4.79 Å². The first-order valence-electron chi connectivity index (χ1n) is 8.09. The minimum atomic E-state index is -0.138. The van der Waals surface area contributed by atoms with E-state index in [2.05, 4.69) is 27.3 Å². The van der Waals surface area contributed by atoms with Gasteiger partial charge in [-0.2, -0.15) is 0 Å². The SMILES string of the molecule is O=c1[nH]c(=S)n(Cc2ccco2)c2c1CN(Cc1ccccc1)CN2. The quantitative estimate of drug-likeness (QED) is 0.705. The van der Waals surface area contributed by atoms with E-state index in [-0.39, 0.29) is 5.56 Å². The molecule has 25 heavy (non-hydrogen) atoms. The fraction of sp³-hybridized carbons (Fsp3) is 0.222. The molecule has 1 aromatic carbocycles. The molecule has 0 aliphatic carbocycles. The summed E-state index contributed by atoms with van der Waals surface area (Å²) in [6, 6.07) is 13.9. The first-order chi connectivity index (χ1) is 12.2. The lowest BCUT2D eigenvalue weighted by Gasteiger charge is -2.31. The topological polar surface area (TPSA) is 66.2 Å². The Morgan fingerprint density at radius 1 is 1.12 bits per heavy atom. The number of benzene rings is 1. The normalized spacial score (nSPS) is 14.1. The predicted molar refractivity (Wildman–Crippen MR) is 97.9 cm³/mol. The molecule has 0 saturated heterocycles. The molecule has 7 heteroatoms. The van der Waals surface area contributed by atoms with Gasteiger partial charge in [-0.05, 0) is 29.9 Å². The molecule has 3 heterocycles. The van der Waals surface area contributed by atoms with Gasteiger partial charge in [-0.1, -0.05) is 30.3 Å². The highest BCUT2D eigenvalue weighted by Gasteiger charge is 2.22. The third-order valence-electron chi connectivity index (χ3n) is 4.29. The van der Waals surface area contributed by atoms with Crippen LogP contribution in [0.2, 0.25) is 0 Å². The minimum absolute atomic E-state index is 0.138. The van der Waals surface area contributed by atoms with Crippen molar-refractivity contribution in [3.63, 3.8) is 0 Å². The molecular formula is C18H18N4O2S. The Balaban J connectivity index is 1.64. The molecule has 1 aliphatic heterocycles. The van der Waals surface area contributed by atoms with Gasteiger partial charge >= 0.3 is 0 Å². The van der Waals surface area contributed by atoms with Crippen LogP contribution in [0.15, 0.2) is 57.9 Å². The molecule has 0 fully saturated rings. The van der Waals surface area contributed by atoms with Crippen molar-refractivity contribution in [3.05, 3.63) is 80.7 Å². The molecule has 0 spiro atoms. The Kier molecular flexibility index (Phi) is 4.25. The molecule has 0 amide bonds. The molecule has 0 bridgehead atoms. The summed E-state index contributed by atoms with van der Waals surface area (Å²) in [4.78, 5) is 17.4. The van der Waals surface area contributed by atoms with Crippen LogP contribution >= 0.6 is 12.2 Å². The number of fused-ring (bicyclic) bond motifs is 1. The molecule has 0 atom stereocenters. The van der Waals surface area contributed by atoms with Gasteiger partial charge in [0.25, 0.3) is 5.56 Å². The Labute approximate surface area is 149 Å². The van der Waals surface area contributed by atoms with E-state index >= 15 is 0 Å². The third kappa shape index (κ3) is 3.29. The fourth-order valence-electron chi connectivity index (χ4n) is 3.09. The minimum Gasteiger partial charge on any atom is -0.467 e. The van der Waals surface area contributed by atoms with Crippen LogP contribution < -0.4 is 10.9 Å². The first kappa shape index (κ1) is 15.9. The molecule has 0 saturated carbocycles. The van der Waals surface area contributed by atoms with Crippen LogP contribution in [-0.4, -0.2) is 21.1 Å². The summed E-state index contributed by atoms with van der Waals surface area (Å²) in [6.45, 7) is 2.48. The number of furan rings is 1. The second-order valence-electron chi connectivity index (χ2n) is 6.06. The molecule has 1 aliphatic rings. The Hall–Kier alpha value is -2.64. The highest BCUT2D eigenvalue weighted by atomic mass is 32.1. The van der Waals surface area contributed by atoms with Crippen molar-refractivity contribution >= 4 is 18.0 Å². The molecule has 0 unspecified atom stereocenters. The van der Waals surface area contributed by atoms with Gasteiger partial charge in [0, 0.05) is 13.1 Å². The van der Waals surface area contributed by atoms with Gasteiger partial charge in [-0.15, -0.1) is 0 Å². The maximum atomic E-state index is 12.4. The lowest BCUT2D eigenvalue weighted by atomic mass is 10.2. The molecule has 0 radical (unpaired) electrons. The largest absolute Gasteiger partial charge is 0.467 e. The van der Waals surface area contributed by atoms with Crippen molar-refractivity contribution in [3.8, 4) is 0 Å². The van der Waals surface area contributed by atoms with Crippen molar-refractivity contribution in [2.45, 2.75) is 19.6 Å². The number of H-pyrrole nitrogens is 1. The van der Waals surface area contributed by atoms with Crippen LogP contribution in [0.3, 0.4) is 0 Å². The summed E-state index contributed by atoms with van der Waals surface area (Å²) in [5, 5.41) is 3.36. The van der Waals surface area contributed by atoms with E-state index in [4.69, 9.17) is 16.6 Å². The molecular weight excluding hydrogens is 336 g/mol. The number of aromatic nitrogens is 2. The second-order valence-corrected chi connectivity index (χ2v) is 6.45. The van der Waals surface area contributed by atoms with E-state index in [0.29, 0.717) is 30.1 Å². The molecule has 3 aromatic rings. The monoisotopic (exact) mass is 354 g/mol. The van der Waals surface area contributed by atoms with Crippen molar-refractivity contribution in [1.82, 2.24) is 14.5 Å². The molecule has 128 valence electrons. The summed E-state index contributed by atoms with van der Waals surface area (Å²) in [7, 11) is 0. The van der Waals surface area contributed by atoms with E-state index in [0.717, 1.165) is 18.1 Å². The molecule has 4 rings (SSSR count). The number of aromatic amines is 1. The fourth-order valence-corrected chi connectivity index (χ4v) is 3.34. The van der Waals surface area contributed by atoms with Gasteiger partial charge < -0.3 is 9.73 Å². The predicted octanol–water partition coefficient (Wildman–Crippen LogP) is 2.93. The average molecular weight is 354 g/mol. The van der Waals surface area contributed by atoms with Crippen LogP contribution in [0, 0.1) is 4.77 Å². The maximum Gasteiger partial charge on any atom is 0.258 e. The van der Waals surface area contributed by atoms with Gasteiger partial charge in [0.1, 0.15) is 11.6 Å². The molecule has 2 N–H and O–H groups in total. The van der Waals surface area contributed by atoms with E-state index < -0.39 is 0 Å². The Bertz CT molecular complexity index is 977. The average Bonchev–Trinajstić information content (AvgIpc) is 3.13. The van der Waals surface area contributed by atoms with Crippen LogP contribution in [0.1, 0.15) is 16.9 Å². The summed E-state index contributed by atoms with van der Waals surface area (Å²) in [6.07, 6.45) is 1.63. The van der Waals surface area contributed by atoms with Gasteiger partial charge in [0.05, 0.1) is 25.0 Å². The van der Waals surface area contributed by atoms with Crippen molar-refractivity contribution in [2.24, 2.45) is 0 Å². The number of anilines is 1. The van der Waals surface area contributed by atoms with E-state index in [1.54, 1.807) is 6.26 Å². The van der Waals surface area contributed by atoms with Gasteiger partial charge in [0.15, 0.2) is 4.77 Å². The highest BCUT2D eigenvalue weighted by molar-refractivity contribution is 7.71. The van der Waals surface area contributed by atoms with E-state index in [1.807, 2.05) is 34.9 Å². The van der Waals surface area contributed by atoms with Crippen LogP contribution in [0.5, 0.6) is 0 Å². The smallest absolute Gasteiger partial charge is 0.258 e. The lowest BCUT2D eigenvalue weighted by molar-refractivity contribution is 0.262. The van der Waals surface area contributed by atoms with Crippen LogP contribution in [-0.2, 0) is 19.6 Å². The van der Waals surface area contributed by atoms with Crippen LogP contribution in [0.25, 0.3) is 0 Å². The number of hydrogen-bond acceptors (Lipinski definition) is 5. The van der Waals surface area contributed by atoms with Gasteiger partial charge in [0.2, 0.25) is 0 Å². The van der Waals surface area contributed by atoms with Gasteiger partial charge in [-0.3, -0.25) is 19.2 Å². The standard InChI is InChI=1S/C18H18N4O2S/c23-17-15-11-21(9-13-5-2-1-3-6-13)12-19-16(15)22(18(25)20-17)10-14-7-4-8-24-14/h1-8,19H,9-12H2,(H,20,23,25). The highest BCUT2D eigenvalue weighted by Crippen LogP contribution is 2.21. The summed E-state index contributed by atoms with van der Waals surface area (Å²) in [5.74, 6) is 1.56. The number of nitrogens with one attached hydrogen (secondary N) is 2. The van der Waals surface area contributed by atoms with E-state index in [1.165, 1.54) is 5.56 Å². The second kappa shape index (κ2) is 6.70. The number of nitrogens with zero attached hydrogens (tertiary/aromatic N) is 2. The zero-order valence-corrected chi connectivity index (χ0v) is 14.4. The number of hydrogen-bond donors (Lipinski definition) is 2. The third-order valence-corrected chi connectivity index (χ3v) is 4.61. The number of rotatable bonds is 4. The molecule has 6 nitrogen and oxygen atoms in total. The van der Waals surface area contributed by atoms with Gasteiger partial charge in [-0.25, -0.2) is 0 Å². The zero-order valence-electron chi connectivity index (χ0n) is 13.6. The Morgan fingerprint density at radius 3 is 2.72 bits per heavy atom. The molecule has 2 aromatic heterocycles. The lowest BCUT2D eigenvalue weighted by Crippen LogP contribution is -2.39. The maximum absolute atomic E-state index is 12.4. The van der Waals surface area contributed by atoms with Crippen molar-refractivity contribution in [1.29, 1.82) is 0 Å². The van der Waals surface area contributed by atoms with Crippen molar-refractivity contribution in [2.75, 3.05) is 12.0 Å².